The highest BCUT2D eigenvalue weighted by molar-refractivity contribution is 5.92. The lowest BCUT2D eigenvalue weighted by molar-refractivity contribution is 0.0903. The maximum absolute atomic E-state index is 11.8. The van der Waals surface area contributed by atoms with E-state index in [1.165, 1.54) is 25.4 Å². The molecule has 0 aliphatic heterocycles. The molecule has 4 N–H and O–H groups in total. The molecule has 1 aromatic heterocycles. The maximum atomic E-state index is 11.8. The Morgan fingerprint density at radius 3 is 3.06 bits per heavy atom. The molecular weight excluding hydrogens is 204 g/mol. The predicted molar refractivity (Wildman–Crippen MR) is 60.9 cm³/mol. The van der Waals surface area contributed by atoms with E-state index in [0.29, 0.717) is 18.2 Å². The molecule has 0 spiro atoms. The van der Waals surface area contributed by atoms with Crippen LogP contribution in [0.4, 0.5) is 0 Å². The number of amides is 1. The summed E-state index contributed by atoms with van der Waals surface area (Å²) in [6.45, 7) is 0.647. The highest BCUT2D eigenvalue weighted by Crippen LogP contribution is 2.23. The molecule has 5 heteroatoms. The second-order valence-electron chi connectivity index (χ2n) is 4.33. The third-order valence-electron chi connectivity index (χ3n) is 3.27. The van der Waals surface area contributed by atoms with E-state index in [-0.39, 0.29) is 11.9 Å². The first kappa shape index (κ1) is 11.1. The first-order valence-electron chi connectivity index (χ1n) is 5.80. The number of imidazole rings is 1. The third-order valence-corrected chi connectivity index (χ3v) is 3.27. The molecule has 1 fully saturated rings. The number of rotatable bonds is 3. The molecule has 2 atom stereocenters. The lowest BCUT2D eigenvalue weighted by atomic mass is 9.84. The zero-order valence-corrected chi connectivity index (χ0v) is 9.28. The number of nitrogens with two attached hydrogens (primary N) is 1. The fourth-order valence-corrected chi connectivity index (χ4v) is 2.31. The van der Waals surface area contributed by atoms with Crippen molar-refractivity contribution in [2.75, 3.05) is 6.54 Å². The van der Waals surface area contributed by atoms with Crippen LogP contribution in [0.3, 0.4) is 0 Å². The van der Waals surface area contributed by atoms with Gasteiger partial charge in [-0.25, -0.2) is 4.98 Å². The molecular formula is C11H18N4O. The molecule has 1 amide bonds. The molecule has 0 radical (unpaired) electrons. The van der Waals surface area contributed by atoms with Gasteiger partial charge in [0.15, 0.2) is 0 Å². The Hall–Kier alpha value is -1.36. The summed E-state index contributed by atoms with van der Waals surface area (Å²) in [4.78, 5) is 18.5. The number of nitrogens with zero attached hydrogens (tertiary/aromatic N) is 1. The Balaban J connectivity index is 1.95. The standard InChI is InChI=1S/C11H18N4O/c12-5-8-3-1-2-4-9(8)15-11(16)10-6-13-7-14-10/h6-9H,1-5,12H2,(H,13,14)(H,15,16). The second kappa shape index (κ2) is 5.12. The van der Waals surface area contributed by atoms with Gasteiger partial charge in [0.1, 0.15) is 5.69 Å². The summed E-state index contributed by atoms with van der Waals surface area (Å²) >= 11 is 0. The van der Waals surface area contributed by atoms with Gasteiger partial charge >= 0.3 is 0 Å². The number of aromatic amines is 1. The molecule has 16 heavy (non-hydrogen) atoms. The number of nitrogens with one attached hydrogen (secondary N) is 2. The average Bonchev–Trinajstić information content (AvgIpc) is 2.83. The first-order chi connectivity index (χ1) is 7.81. The predicted octanol–water partition coefficient (Wildman–Crippen LogP) is 0.657. The third kappa shape index (κ3) is 2.41. The van der Waals surface area contributed by atoms with Crippen LogP contribution in [0.25, 0.3) is 0 Å². The molecule has 1 aliphatic rings. The average molecular weight is 222 g/mol. The van der Waals surface area contributed by atoms with Gasteiger partial charge in [0, 0.05) is 6.04 Å². The van der Waals surface area contributed by atoms with Gasteiger partial charge in [-0.1, -0.05) is 12.8 Å². The van der Waals surface area contributed by atoms with Crippen LogP contribution in [0.5, 0.6) is 0 Å². The largest absolute Gasteiger partial charge is 0.348 e. The van der Waals surface area contributed by atoms with Crippen molar-refractivity contribution in [3.8, 4) is 0 Å². The molecule has 2 rings (SSSR count). The van der Waals surface area contributed by atoms with Gasteiger partial charge in [-0.2, -0.15) is 0 Å². The number of carbonyl (C=O) groups excluding carboxylic acids is 1. The Labute approximate surface area is 94.8 Å². The summed E-state index contributed by atoms with van der Waals surface area (Å²) < 4.78 is 0. The molecule has 1 saturated carbocycles. The van der Waals surface area contributed by atoms with Crippen LogP contribution in [0.2, 0.25) is 0 Å². The topological polar surface area (TPSA) is 83.8 Å². The van der Waals surface area contributed by atoms with Crippen LogP contribution in [0, 0.1) is 5.92 Å². The van der Waals surface area contributed by atoms with Gasteiger partial charge in [0.05, 0.1) is 12.5 Å². The van der Waals surface area contributed by atoms with Crippen molar-refractivity contribution >= 4 is 5.91 Å². The van der Waals surface area contributed by atoms with Crippen molar-refractivity contribution in [3.05, 3.63) is 18.2 Å². The summed E-state index contributed by atoms with van der Waals surface area (Å²) in [5.74, 6) is 0.337. The van der Waals surface area contributed by atoms with Crippen molar-refractivity contribution in [2.45, 2.75) is 31.7 Å². The smallest absolute Gasteiger partial charge is 0.269 e. The highest BCUT2D eigenvalue weighted by atomic mass is 16.2. The van der Waals surface area contributed by atoms with E-state index in [1.54, 1.807) is 0 Å². The molecule has 0 aromatic carbocycles. The van der Waals surface area contributed by atoms with E-state index >= 15 is 0 Å². The number of hydrogen-bond donors (Lipinski definition) is 3. The lowest BCUT2D eigenvalue weighted by Crippen LogP contribution is -2.44. The van der Waals surface area contributed by atoms with E-state index in [9.17, 15) is 4.79 Å². The van der Waals surface area contributed by atoms with Crippen molar-refractivity contribution in [1.29, 1.82) is 0 Å². The Bertz CT molecular complexity index is 336. The van der Waals surface area contributed by atoms with Crippen LogP contribution >= 0.6 is 0 Å². The monoisotopic (exact) mass is 222 g/mol. The summed E-state index contributed by atoms with van der Waals surface area (Å²) in [5, 5.41) is 3.03. The minimum absolute atomic E-state index is 0.0807. The van der Waals surface area contributed by atoms with Gasteiger partial charge in [0.2, 0.25) is 0 Å². The van der Waals surface area contributed by atoms with Gasteiger partial charge in [-0.3, -0.25) is 4.79 Å². The van der Waals surface area contributed by atoms with Crippen LogP contribution in [-0.4, -0.2) is 28.5 Å². The molecule has 1 aliphatic carbocycles. The maximum Gasteiger partial charge on any atom is 0.269 e. The molecule has 0 bridgehead atoms. The number of H-pyrrole nitrogens is 1. The highest BCUT2D eigenvalue weighted by Gasteiger charge is 2.25. The summed E-state index contributed by atoms with van der Waals surface area (Å²) in [5.41, 5.74) is 6.23. The van der Waals surface area contributed by atoms with Crippen molar-refractivity contribution in [3.63, 3.8) is 0 Å². The minimum atomic E-state index is -0.0807. The van der Waals surface area contributed by atoms with Gasteiger partial charge < -0.3 is 16.0 Å². The lowest BCUT2D eigenvalue weighted by Gasteiger charge is -2.31. The zero-order valence-electron chi connectivity index (χ0n) is 9.28. The quantitative estimate of drug-likeness (QED) is 0.702. The van der Waals surface area contributed by atoms with E-state index < -0.39 is 0 Å². The fourth-order valence-electron chi connectivity index (χ4n) is 2.31. The summed E-state index contributed by atoms with van der Waals surface area (Å²) in [7, 11) is 0. The number of carbonyl (C=O) groups is 1. The van der Waals surface area contributed by atoms with Crippen LogP contribution in [0.1, 0.15) is 36.2 Å². The van der Waals surface area contributed by atoms with Crippen LogP contribution in [0.15, 0.2) is 12.5 Å². The minimum Gasteiger partial charge on any atom is -0.348 e. The number of aromatic nitrogens is 2. The van der Waals surface area contributed by atoms with Crippen molar-refractivity contribution in [2.24, 2.45) is 11.7 Å². The molecule has 0 saturated heterocycles. The fraction of sp³-hybridized carbons (Fsp3) is 0.636. The second-order valence-corrected chi connectivity index (χ2v) is 4.33. The van der Waals surface area contributed by atoms with E-state index in [1.807, 2.05) is 0 Å². The molecule has 1 heterocycles. The Kier molecular flexibility index (Phi) is 3.56. The van der Waals surface area contributed by atoms with Crippen molar-refractivity contribution < 1.29 is 4.79 Å². The molecule has 5 nitrogen and oxygen atoms in total. The van der Waals surface area contributed by atoms with Gasteiger partial charge in [0.25, 0.3) is 5.91 Å². The number of hydrogen-bond acceptors (Lipinski definition) is 3. The molecule has 88 valence electrons. The summed E-state index contributed by atoms with van der Waals surface area (Å²) in [6, 6.07) is 0.217. The van der Waals surface area contributed by atoms with E-state index in [2.05, 4.69) is 15.3 Å². The first-order valence-corrected chi connectivity index (χ1v) is 5.80. The van der Waals surface area contributed by atoms with Gasteiger partial charge in [-0.05, 0) is 25.3 Å². The van der Waals surface area contributed by atoms with Crippen LogP contribution < -0.4 is 11.1 Å². The Morgan fingerprint density at radius 1 is 1.56 bits per heavy atom. The van der Waals surface area contributed by atoms with Crippen molar-refractivity contribution in [1.82, 2.24) is 15.3 Å². The molecule has 2 unspecified atom stereocenters. The zero-order chi connectivity index (χ0) is 11.4. The summed E-state index contributed by atoms with van der Waals surface area (Å²) in [6.07, 6.45) is 7.58. The molecule has 1 aromatic rings. The normalized spacial score (nSPS) is 25.3. The van der Waals surface area contributed by atoms with Gasteiger partial charge in [-0.15, -0.1) is 0 Å². The van der Waals surface area contributed by atoms with Crippen LogP contribution in [-0.2, 0) is 0 Å². The Morgan fingerprint density at radius 2 is 2.38 bits per heavy atom. The van der Waals surface area contributed by atoms with E-state index in [0.717, 1.165) is 12.8 Å². The van der Waals surface area contributed by atoms with E-state index in [4.69, 9.17) is 5.73 Å². The SMILES string of the molecule is NCC1CCCCC1NC(=O)c1cnc[nH]1.